The van der Waals surface area contributed by atoms with Crippen molar-refractivity contribution in [3.63, 3.8) is 0 Å². The molecule has 100 valence electrons. The molecule has 0 spiro atoms. The fourth-order valence-electron chi connectivity index (χ4n) is 1.59. The largest absolute Gasteiger partial charge is 0.453 e. The van der Waals surface area contributed by atoms with Gasteiger partial charge in [-0.3, -0.25) is 0 Å². The zero-order valence-electron chi connectivity index (χ0n) is 10.8. The first-order chi connectivity index (χ1) is 9.19. The van der Waals surface area contributed by atoms with E-state index in [1.54, 1.807) is 0 Å². The van der Waals surface area contributed by atoms with E-state index in [1.165, 1.54) is 7.11 Å². The molecule has 19 heavy (non-hydrogen) atoms. The quantitative estimate of drug-likeness (QED) is 0.910. The lowest BCUT2D eigenvalue weighted by molar-refractivity contribution is 0.171. The van der Waals surface area contributed by atoms with E-state index < -0.39 is 6.09 Å². The van der Waals surface area contributed by atoms with E-state index in [-0.39, 0.29) is 0 Å². The predicted octanol–water partition coefficient (Wildman–Crippen LogP) is 1.94. The average molecular weight is 261 g/mol. The van der Waals surface area contributed by atoms with Crippen LogP contribution in [-0.2, 0) is 11.2 Å². The zero-order valence-corrected chi connectivity index (χ0v) is 10.8. The molecule has 1 N–H and O–H groups in total. The Kier molecular flexibility index (Phi) is 4.12. The minimum Gasteiger partial charge on any atom is -0.453 e. The van der Waals surface area contributed by atoms with Gasteiger partial charge < -0.3 is 14.5 Å². The number of benzene rings is 1. The molecule has 0 atom stereocenters. The van der Waals surface area contributed by atoms with Crippen molar-refractivity contribution in [1.29, 1.82) is 0 Å². The molecule has 0 bridgehead atoms. The minimum absolute atomic E-state index is 0.391. The van der Waals surface area contributed by atoms with E-state index in [2.05, 4.69) is 20.3 Å². The van der Waals surface area contributed by atoms with E-state index in [4.69, 9.17) is 4.42 Å². The summed E-state index contributed by atoms with van der Waals surface area (Å²) in [4.78, 5) is 10.9. The van der Waals surface area contributed by atoms with Crippen LogP contribution in [0.25, 0.3) is 11.5 Å². The monoisotopic (exact) mass is 261 g/mol. The van der Waals surface area contributed by atoms with Gasteiger partial charge in [0.25, 0.3) is 0 Å². The fourth-order valence-corrected chi connectivity index (χ4v) is 1.59. The van der Waals surface area contributed by atoms with Gasteiger partial charge in [0, 0.05) is 18.5 Å². The molecule has 0 radical (unpaired) electrons. The van der Waals surface area contributed by atoms with Crippen LogP contribution in [0.2, 0.25) is 0 Å². The van der Waals surface area contributed by atoms with Gasteiger partial charge >= 0.3 is 6.09 Å². The van der Waals surface area contributed by atoms with Gasteiger partial charge in [0.1, 0.15) is 0 Å². The highest BCUT2D eigenvalue weighted by Gasteiger charge is 2.08. The summed E-state index contributed by atoms with van der Waals surface area (Å²) in [5.74, 6) is 0.963. The average Bonchev–Trinajstić information content (AvgIpc) is 2.87. The van der Waals surface area contributed by atoms with Gasteiger partial charge in [-0.2, -0.15) is 0 Å². The van der Waals surface area contributed by atoms with Crippen molar-refractivity contribution in [2.24, 2.45) is 0 Å². The fraction of sp³-hybridized carbons (Fsp3) is 0.308. The van der Waals surface area contributed by atoms with E-state index in [9.17, 15) is 4.79 Å². The predicted molar refractivity (Wildman–Crippen MR) is 68.6 cm³/mol. The van der Waals surface area contributed by atoms with Gasteiger partial charge in [-0.05, 0) is 19.1 Å². The van der Waals surface area contributed by atoms with Crippen LogP contribution in [0, 0.1) is 6.92 Å². The second-order valence-electron chi connectivity index (χ2n) is 4.04. The van der Waals surface area contributed by atoms with E-state index in [1.807, 2.05) is 31.2 Å². The molecule has 2 aromatic rings. The van der Waals surface area contributed by atoms with Crippen molar-refractivity contribution < 1.29 is 13.9 Å². The third-order valence-corrected chi connectivity index (χ3v) is 2.53. The van der Waals surface area contributed by atoms with E-state index in [0.29, 0.717) is 24.7 Å². The van der Waals surface area contributed by atoms with Crippen LogP contribution in [0.3, 0.4) is 0 Å². The molecule has 1 amide bonds. The Morgan fingerprint density at radius 2 is 2.26 bits per heavy atom. The first-order valence-electron chi connectivity index (χ1n) is 5.90. The van der Waals surface area contributed by atoms with Crippen molar-refractivity contribution in [3.8, 4) is 11.5 Å². The third kappa shape index (κ3) is 3.54. The second-order valence-corrected chi connectivity index (χ2v) is 4.04. The molecule has 0 unspecified atom stereocenters. The van der Waals surface area contributed by atoms with Crippen LogP contribution in [0.4, 0.5) is 4.79 Å². The molecular formula is C13H15N3O3. The molecule has 2 rings (SSSR count). The Labute approximate surface area is 110 Å². The highest BCUT2D eigenvalue weighted by atomic mass is 16.5. The molecule has 0 aliphatic carbocycles. The summed E-state index contributed by atoms with van der Waals surface area (Å²) in [5, 5.41) is 10.5. The number of nitrogens with zero attached hydrogens (tertiary/aromatic N) is 2. The highest BCUT2D eigenvalue weighted by Crippen LogP contribution is 2.18. The standard InChI is InChI=1S/C13H15N3O3/c1-9-4-3-5-10(8-9)12-16-15-11(19-12)6-7-14-13(17)18-2/h3-5,8H,6-7H2,1-2H3,(H,14,17). The topological polar surface area (TPSA) is 77.2 Å². The number of alkyl carbamates (subject to hydrolysis) is 1. The van der Waals surface area contributed by atoms with E-state index in [0.717, 1.165) is 11.1 Å². The summed E-state index contributed by atoms with van der Waals surface area (Å²) in [7, 11) is 1.32. The molecule has 0 aliphatic rings. The Morgan fingerprint density at radius 3 is 3.00 bits per heavy atom. The number of aromatic nitrogens is 2. The molecule has 0 aliphatic heterocycles. The summed E-state index contributed by atoms with van der Waals surface area (Å²) in [6.07, 6.45) is -0.00750. The van der Waals surface area contributed by atoms with Crippen LogP contribution < -0.4 is 5.32 Å². The van der Waals surface area contributed by atoms with Crippen LogP contribution in [0.15, 0.2) is 28.7 Å². The van der Waals surface area contributed by atoms with Gasteiger partial charge in [0.05, 0.1) is 7.11 Å². The maximum atomic E-state index is 10.9. The molecule has 0 fully saturated rings. The van der Waals surface area contributed by atoms with Crippen molar-refractivity contribution in [3.05, 3.63) is 35.7 Å². The molecule has 0 saturated carbocycles. The minimum atomic E-state index is -0.474. The number of nitrogens with one attached hydrogen (secondary N) is 1. The lowest BCUT2D eigenvalue weighted by Crippen LogP contribution is -2.25. The van der Waals surface area contributed by atoms with E-state index >= 15 is 0 Å². The number of hydrogen-bond donors (Lipinski definition) is 1. The van der Waals surface area contributed by atoms with Crippen LogP contribution in [0.5, 0.6) is 0 Å². The number of methoxy groups -OCH3 is 1. The highest BCUT2D eigenvalue weighted by molar-refractivity contribution is 5.66. The Balaban J connectivity index is 1.97. The van der Waals surface area contributed by atoms with Crippen molar-refractivity contribution in [1.82, 2.24) is 15.5 Å². The first-order valence-corrected chi connectivity index (χ1v) is 5.90. The van der Waals surface area contributed by atoms with Gasteiger partial charge in [-0.1, -0.05) is 17.7 Å². The molecule has 1 aromatic heterocycles. The van der Waals surface area contributed by atoms with Gasteiger partial charge in [-0.25, -0.2) is 4.79 Å². The number of carbonyl (C=O) groups is 1. The summed E-state index contributed by atoms with van der Waals surface area (Å²) < 4.78 is 9.98. The second kappa shape index (κ2) is 5.99. The lowest BCUT2D eigenvalue weighted by atomic mass is 10.1. The molecule has 1 aromatic carbocycles. The molecule has 1 heterocycles. The molecule has 6 heteroatoms. The number of carbonyl (C=O) groups excluding carboxylic acids is 1. The zero-order chi connectivity index (χ0) is 13.7. The van der Waals surface area contributed by atoms with Crippen molar-refractivity contribution >= 4 is 6.09 Å². The molecule has 0 saturated heterocycles. The van der Waals surface area contributed by atoms with Crippen LogP contribution in [-0.4, -0.2) is 29.9 Å². The van der Waals surface area contributed by atoms with Gasteiger partial charge in [0.15, 0.2) is 0 Å². The third-order valence-electron chi connectivity index (χ3n) is 2.53. The summed E-state index contributed by atoms with van der Waals surface area (Å²) in [6, 6.07) is 7.83. The Hall–Kier alpha value is -2.37. The molecular weight excluding hydrogens is 246 g/mol. The number of ether oxygens (including phenoxy) is 1. The van der Waals surface area contributed by atoms with Crippen molar-refractivity contribution in [2.75, 3.05) is 13.7 Å². The summed E-state index contributed by atoms with van der Waals surface area (Å²) in [6.45, 7) is 2.39. The van der Waals surface area contributed by atoms with Crippen LogP contribution in [0.1, 0.15) is 11.5 Å². The number of rotatable bonds is 4. The molecule has 6 nitrogen and oxygen atoms in total. The maximum Gasteiger partial charge on any atom is 0.406 e. The van der Waals surface area contributed by atoms with Gasteiger partial charge in [0.2, 0.25) is 11.8 Å². The number of aryl methyl sites for hydroxylation is 1. The Morgan fingerprint density at radius 1 is 1.42 bits per heavy atom. The number of hydrogen-bond acceptors (Lipinski definition) is 5. The SMILES string of the molecule is COC(=O)NCCc1nnc(-c2cccc(C)c2)o1. The van der Waals surface area contributed by atoms with Crippen molar-refractivity contribution in [2.45, 2.75) is 13.3 Å². The first kappa shape index (κ1) is 13.1. The lowest BCUT2D eigenvalue weighted by Gasteiger charge is -2.00. The van der Waals surface area contributed by atoms with Crippen LogP contribution >= 0.6 is 0 Å². The Bertz CT molecular complexity index is 566. The summed E-state index contributed by atoms with van der Waals surface area (Å²) >= 11 is 0. The number of amides is 1. The smallest absolute Gasteiger partial charge is 0.406 e. The maximum absolute atomic E-state index is 10.9. The summed E-state index contributed by atoms with van der Waals surface area (Å²) in [5.41, 5.74) is 2.02. The van der Waals surface area contributed by atoms with Gasteiger partial charge in [-0.15, -0.1) is 10.2 Å². The normalized spacial score (nSPS) is 10.2.